The van der Waals surface area contributed by atoms with E-state index in [9.17, 15) is 9.59 Å². The molecule has 2 aromatic rings. The van der Waals surface area contributed by atoms with E-state index in [4.69, 9.17) is 23.2 Å². The molecular weight excluding hydrogens is 383 g/mol. The Morgan fingerprint density at radius 1 is 1.04 bits per heavy atom. The number of aryl methyl sites for hydroxylation is 1. The second-order valence-corrected chi connectivity index (χ2v) is 7.32. The number of nitrogens with zero attached hydrogens (tertiary/aromatic N) is 1. The largest absolute Gasteiger partial charge is 0.355 e. The van der Waals surface area contributed by atoms with Crippen molar-refractivity contribution in [2.24, 2.45) is 0 Å². The molecule has 144 valence electrons. The van der Waals surface area contributed by atoms with Crippen molar-refractivity contribution >= 4 is 35.0 Å². The fourth-order valence-electron chi connectivity index (χ4n) is 2.72. The number of halogens is 2. The van der Waals surface area contributed by atoms with Gasteiger partial charge in [0.1, 0.15) is 6.04 Å². The number of carbonyl (C=O) groups excluding carboxylic acids is 2. The highest BCUT2D eigenvalue weighted by molar-refractivity contribution is 6.42. The van der Waals surface area contributed by atoms with Crippen molar-refractivity contribution in [2.45, 2.75) is 39.8 Å². The Kier molecular flexibility index (Phi) is 7.69. The van der Waals surface area contributed by atoms with E-state index in [1.54, 1.807) is 24.0 Å². The van der Waals surface area contributed by atoms with E-state index in [2.05, 4.69) is 5.32 Å². The zero-order chi connectivity index (χ0) is 20.0. The predicted molar refractivity (Wildman–Crippen MR) is 110 cm³/mol. The van der Waals surface area contributed by atoms with Crippen LogP contribution >= 0.6 is 23.2 Å². The van der Waals surface area contributed by atoms with Gasteiger partial charge < -0.3 is 10.2 Å². The van der Waals surface area contributed by atoms with Crippen LogP contribution in [0.4, 0.5) is 0 Å². The third-order valence-corrected chi connectivity index (χ3v) is 5.07. The molecule has 0 saturated heterocycles. The lowest BCUT2D eigenvalue weighted by atomic mass is 10.1. The molecule has 4 nitrogen and oxygen atoms in total. The van der Waals surface area contributed by atoms with Gasteiger partial charge >= 0.3 is 0 Å². The van der Waals surface area contributed by atoms with Crippen LogP contribution in [0.5, 0.6) is 0 Å². The average molecular weight is 407 g/mol. The molecule has 2 aromatic carbocycles. The fourth-order valence-corrected chi connectivity index (χ4v) is 3.04. The van der Waals surface area contributed by atoms with Crippen molar-refractivity contribution in [3.8, 4) is 0 Å². The summed E-state index contributed by atoms with van der Waals surface area (Å²) in [4.78, 5) is 26.9. The molecule has 27 heavy (non-hydrogen) atoms. The van der Waals surface area contributed by atoms with Gasteiger partial charge in [0.05, 0.1) is 16.5 Å². The summed E-state index contributed by atoms with van der Waals surface area (Å²) in [6.07, 6.45) is 0.228. The average Bonchev–Trinajstić information content (AvgIpc) is 2.64. The van der Waals surface area contributed by atoms with Crippen LogP contribution in [0.1, 0.15) is 30.5 Å². The summed E-state index contributed by atoms with van der Waals surface area (Å²) in [7, 11) is 0. The van der Waals surface area contributed by atoms with E-state index in [-0.39, 0.29) is 24.8 Å². The van der Waals surface area contributed by atoms with E-state index < -0.39 is 6.04 Å². The number of rotatable bonds is 7. The maximum Gasteiger partial charge on any atom is 0.242 e. The number of hydrogen-bond donors (Lipinski definition) is 1. The SMILES string of the molecule is CCNC(=O)[C@@H](C)N(Cc1ccc(Cl)c(Cl)c1)C(=O)Cc1ccc(C)cc1. The second-order valence-electron chi connectivity index (χ2n) is 6.50. The number of hydrogen-bond acceptors (Lipinski definition) is 2. The van der Waals surface area contributed by atoms with Crippen LogP contribution in [-0.4, -0.2) is 29.3 Å². The third kappa shape index (κ3) is 5.98. The van der Waals surface area contributed by atoms with Crippen molar-refractivity contribution < 1.29 is 9.59 Å². The number of carbonyl (C=O) groups is 2. The zero-order valence-corrected chi connectivity index (χ0v) is 17.3. The Balaban J connectivity index is 2.24. The van der Waals surface area contributed by atoms with Gasteiger partial charge in [-0.05, 0) is 44.0 Å². The van der Waals surface area contributed by atoms with Gasteiger partial charge in [0.15, 0.2) is 0 Å². The van der Waals surface area contributed by atoms with Crippen LogP contribution in [-0.2, 0) is 22.6 Å². The first-order valence-electron chi connectivity index (χ1n) is 8.88. The molecule has 0 fully saturated rings. The Bertz CT molecular complexity index is 806. The van der Waals surface area contributed by atoms with Crippen molar-refractivity contribution in [2.75, 3.05) is 6.54 Å². The van der Waals surface area contributed by atoms with Crippen LogP contribution in [0.15, 0.2) is 42.5 Å². The molecule has 6 heteroatoms. The van der Waals surface area contributed by atoms with E-state index >= 15 is 0 Å². The lowest BCUT2D eigenvalue weighted by molar-refractivity contribution is -0.140. The van der Waals surface area contributed by atoms with Crippen LogP contribution in [0, 0.1) is 6.92 Å². The van der Waals surface area contributed by atoms with Crippen LogP contribution in [0.3, 0.4) is 0 Å². The van der Waals surface area contributed by atoms with Gasteiger partial charge in [0.25, 0.3) is 0 Å². The van der Waals surface area contributed by atoms with Crippen molar-refractivity contribution in [1.82, 2.24) is 10.2 Å². The van der Waals surface area contributed by atoms with Crippen LogP contribution in [0.2, 0.25) is 10.0 Å². The smallest absolute Gasteiger partial charge is 0.242 e. The summed E-state index contributed by atoms with van der Waals surface area (Å²) >= 11 is 12.1. The summed E-state index contributed by atoms with van der Waals surface area (Å²) in [5, 5.41) is 3.65. The Labute approximate surface area is 170 Å². The van der Waals surface area contributed by atoms with Gasteiger partial charge in [-0.3, -0.25) is 9.59 Å². The topological polar surface area (TPSA) is 49.4 Å². The minimum Gasteiger partial charge on any atom is -0.355 e. The minimum atomic E-state index is -0.600. The lowest BCUT2D eigenvalue weighted by Crippen LogP contribution is -2.48. The summed E-state index contributed by atoms with van der Waals surface area (Å²) in [6.45, 7) is 6.37. The molecule has 0 aliphatic carbocycles. The van der Waals surface area contributed by atoms with E-state index in [1.807, 2.05) is 44.2 Å². The molecule has 1 atom stereocenters. The molecule has 2 amide bonds. The minimum absolute atomic E-state index is 0.122. The highest BCUT2D eigenvalue weighted by atomic mass is 35.5. The molecule has 0 bridgehead atoms. The van der Waals surface area contributed by atoms with Crippen LogP contribution in [0.25, 0.3) is 0 Å². The molecule has 0 unspecified atom stereocenters. The summed E-state index contributed by atoms with van der Waals surface area (Å²) in [5.41, 5.74) is 2.86. The number of likely N-dealkylation sites (N-methyl/N-ethyl adjacent to an activating group) is 1. The third-order valence-electron chi connectivity index (χ3n) is 4.33. The maximum absolute atomic E-state index is 13.0. The van der Waals surface area contributed by atoms with Crippen molar-refractivity contribution in [3.05, 3.63) is 69.2 Å². The Morgan fingerprint density at radius 2 is 1.67 bits per heavy atom. The Morgan fingerprint density at radius 3 is 2.26 bits per heavy atom. The first-order valence-corrected chi connectivity index (χ1v) is 9.64. The molecule has 2 rings (SSSR count). The van der Waals surface area contributed by atoms with Crippen LogP contribution < -0.4 is 5.32 Å². The zero-order valence-electron chi connectivity index (χ0n) is 15.8. The molecule has 0 saturated carbocycles. The molecule has 0 heterocycles. The number of amides is 2. The van der Waals surface area contributed by atoms with Gasteiger partial charge in [-0.25, -0.2) is 0 Å². The Hall–Kier alpha value is -2.04. The van der Waals surface area contributed by atoms with E-state index in [1.165, 1.54) is 0 Å². The monoisotopic (exact) mass is 406 g/mol. The molecule has 0 aliphatic heterocycles. The maximum atomic E-state index is 13.0. The highest BCUT2D eigenvalue weighted by Crippen LogP contribution is 2.24. The quantitative estimate of drug-likeness (QED) is 0.740. The highest BCUT2D eigenvalue weighted by Gasteiger charge is 2.26. The molecule has 0 aliphatic rings. The molecule has 0 aromatic heterocycles. The number of benzene rings is 2. The molecule has 0 spiro atoms. The molecule has 1 N–H and O–H groups in total. The van der Waals surface area contributed by atoms with Gasteiger partial charge in [0, 0.05) is 13.1 Å². The lowest BCUT2D eigenvalue weighted by Gasteiger charge is -2.29. The van der Waals surface area contributed by atoms with Gasteiger partial charge in [-0.15, -0.1) is 0 Å². The van der Waals surface area contributed by atoms with E-state index in [0.717, 1.165) is 16.7 Å². The first kappa shape index (κ1) is 21.3. The normalized spacial score (nSPS) is 11.7. The predicted octanol–water partition coefficient (Wildman–Crippen LogP) is 4.40. The second kappa shape index (κ2) is 9.77. The first-order chi connectivity index (χ1) is 12.8. The van der Waals surface area contributed by atoms with Gasteiger partial charge in [-0.1, -0.05) is 59.1 Å². The van der Waals surface area contributed by atoms with Gasteiger partial charge in [0.2, 0.25) is 11.8 Å². The summed E-state index contributed by atoms with van der Waals surface area (Å²) < 4.78 is 0. The number of nitrogens with one attached hydrogen (secondary N) is 1. The van der Waals surface area contributed by atoms with Crippen molar-refractivity contribution in [1.29, 1.82) is 0 Å². The van der Waals surface area contributed by atoms with E-state index in [0.29, 0.717) is 16.6 Å². The standard InChI is InChI=1S/C21H24Cl2N2O2/c1-4-24-21(27)15(3)25(13-17-9-10-18(22)19(23)11-17)20(26)12-16-7-5-14(2)6-8-16/h5-11,15H,4,12-13H2,1-3H3,(H,24,27)/t15-/m1/s1. The summed E-state index contributed by atoms with van der Waals surface area (Å²) in [6, 6.07) is 12.4. The molecular formula is C21H24Cl2N2O2. The summed E-state index contributed by atoms with van der Waals surface area (Å²) in [5.74, 6) is -0.307. The van der Waals surface area contributed by atoms with Gasteiger partial charge in [-0.2, -0.15) is 0 Å². The van der Waals surface area contributed by atoms with Crippen molar-refractivity contribution in [3.63, 3.8) is 0 Å². The fraction of sp³-hybridized carbons (Fsp3) is 0.333. The molecule has 0 radical (unpaired) electrons.